The van der Waals surface area contributed by atoms with Crippen molar-refractivity contribution in [3.8, 4) is 22.3 Å². The van der Waals surface area contributed by atoms with E-state index in [1.54, 1.807) is 0 Å². The van der Waals surface area contributed by atoms with Gasteiger partial charge in [-0.25, -0.2) is 0 Å². The smallest absolute Gasteiger partial charge is 0.00262 e. The Bertz CT molecular complexity index is 2480. The molecule has 0 unspecified atom stereocenters. The summed E-state index contributed by atoms with van der Waals surface area (Å²) < 4.78 is 0. The second kappa shape index (κ2) is 10.0. The summed E-state index contributed by atoms with van der Waals surface area (Å²) in [5, 5.41) is 15.8. The highest BCUT2D eigenvalue weighted by Crippen LogP contribution is 2.46. The fraction of sp³-hybridized carbons (Fsp3) is 0.0870. The zero-order chi connectivity index (χ0) is 31.1. The van der Waals surface area contributed by atoms with Crippen molar-refractivity contribution in [3.63, 3.8) is 0 Å². The first-order chi connectivity index (χ1) is 22.5. The predicted molar refractivity (Wildman–Crippen MR) is 201 cm³/mol. The number of aryl methyl sites for hydroxylation is 4. The van der Waals surface area contributed by atoms with Gasteiger partial charge in [0.25, 0.3) is 0 Å². The second-order valence-electron chi connectivity index (χ2n) is 13.0. The molecule has 0 saturated carbocycles. The van der Waals surface area contributed by atoms with Gasteiger partial charge in [-0.15, -0.1) is 0 Å². The zero-order valence-corrected chi connectivity index (χ0v) is 26.7. The summed E-state index contributed by atoms with van der Waals surface area (Å²) in [4.78, 5) is 0. The maximum absolute atomic E-state index is 2.44. The van der Waals surface area contributed by atoms with Crippen LogP contribution in [0.2, 0.25) is 0 Å². The van der Waals surface area contributed by atoms with Crippen molar-refractivity contribution < 1.29 is 0 Å². The average molecular weight is 587 g/mol. The van der Waals surface area contributed by atoms with Crippen molar-refractivity contribution in [2.24, 2.45) is 0 Å². The molecule has 46 heavy (non-hydrogen) atoms. The minimum Gasteiger partial charge on any atom is -0.0616 e. The molecule has 0 amide bonds. The van der Waals surface area contributed by atoms with Gasteiger partial charge in [0.2, 0.25) is 0 Å². The van der Waals surface area contributed by atoms with Crippen LogP contribution in [0.25, 0.3) is 86.9 Å². The quantitative estimate of drug-likeness (QED) is 0.177. The Morgan fingerprint density at radius 3 is 0.783 bits per heavy atom. The Kier molecular flexibility index (Phi) is 5.86. The standard InChI is InChI=1S/C46H34/c1-27-33-13-5-7-15-35(33)29(3)43-25-31(21-23-37(27)43)45-39-17-9-11-19-41(39)46(42-20-12-10-18-40(42)45)32-22-24-38-28(2)34-14-6-8-16-36(34)30(4)44(38)26-32/h5-26H,1-4H3. The number of hydrogen-bond acceptors (Lipinski definition) is 0. The minimum atomic E-state index is 1.26. The normalized spacial score (nSPS) is 11.9. The molecule has 0 aliphatic rings. The van der Waals surface area contributed by atoms with Crippen LogP contribution >= 0.6 is 0 Å². The molecular weight excluding hydrogens is 553 g/mol. The highest BCUT2D eigenvalue weighted by molar-refractivity contribution is 6.22. The molecule has 0 saturated heterocycles. The van der Waals surface area contributed by atoms with E-state index in [1.165, 1.54) is 109 Å². The molecule has 0 fully saturated rings. The van der Waals surface area contributed by atoms with E-state index >= 15 is 0 Å². The van der Waals surface area contributed by atoms with Crippen LogP contribution in [0.1, 0.15) is 22.3 Å². The fourth-order valence-corrected chi connectivity index (χ4v) is 8.28. The molecule has 9 aromatic carbocycles. The lowest BCUT2D eigenvalue weighted by molar-refractivity contribution is 1.52. The van der Waals surface area contributed by atoms with E-state index in [1.807, 2.05) is 0 Å². The minimum absolute atomic E-state index is 1.26. The Morgan fingerprint density at radius 1 is 0.239 bits per heavy atom. The first kappa shape index (κ1) is 26.9. The fourth-order valence-electron chi connectivity index (χ4n) is 8.28. The van der Waals surface area contributed by atoms with Crippen molar-refractivity contribution in [2.45, 2.75) is 27.7 Å². The van der Waals surface area contributed by atoms with Crippen LogP contribution in [0.5, 0.6) is 0 Å². The van der Waals surface area contributed by atoms with Crippen LogP contribution < -0.4 is 0 Å². The molecule has 0 heterocycles. The van der Waals surface area contributed by atoms with Crippen molar-refractivity contribution >= 4 is 64.6 Å². The number of benzene rings is 9. The Labute approximate surface area is 269 Å². The third kappa shape index (κ3) is 3.74. The van der Waals surface area contributed by atoms with E-state index in [0.29, 0.717) is 0 Å². The van der Waals surface area contributed by atoms with Crippen molar-refractivity contribution in [3.05, 3.63) is 156 Å². The highest BCUT2D eigenvalue weighted by Gasteiger charge is 2.19. The van der Waals surface area contributed by atoms with Crippen LogP contribution in [-0.2, 0) is 0 Å². The Hall–Kier alpha value is -5.46. The summed E-state index contributed by atoms with van der Waals surface area (Å²) in [6.07, 6.45) is 0. The van der Waals surface area contributed by atoms with Crippen LogP contribution in [-0.4, -0.2) is 0 Å². The summed E-state index contributed by atoms with van der Waals surface area (Å²) in [5.74, 6) is 0. The molecule has 0 N–H and O–H groups in total. The van der Waals surface area contributed by atoms with Gasteiger partial charge in [0.15, 0.2) is 0 Å². The van der Waals surface area contributed by atoms with Gasteiger partial charge in [-0.3, -0.25) is 0 Å². The van der Waals surface area contributed by atoms with E-state index in [-0.39, 0.29) is 0 Å². The summed E-state index contributed by atoms with van der Waals surface area (Å²) in [6, 6.07) is 49.9. The molecule has 0 heteroatoms. The molecule has 0 aliphatic heterocycles. The van der Waals surface area contributed by atoms with Gasteiger partial charge in [-0.05, 0) is 149 Å². The first-order valence-electron chi connectivity index (χ1n) is 16.3. The molecule has 0 atom stereocenters. The Morgan fingerprint density at radius 2 is 0.478 bits per heavy atom. The van der Waals surface area contributed by atoms with E-state index in [4.69, 9.17) is 0 Å². The molecular formula is C46H34. The molecule has 0 aromatic heterocycles. The van der Waals surface area contributed by atoms with Gasteiger partial charge in [0, 0.05) is 0 Å². The largest absolute Gasteiger partial charge is 0.0616 e. The van der Waals surface area contributed by atoms with E-state index in [0.717, 1.165) is 0 Å². The third-order valence-corrected chi connectivity index (χ3v) is 10.6. The second-order valence-corrected chi connectivity index (χ2v) is 13.0. The zero-order valence-electron chi connectivity index (χ0n) is 26.7. The molecule has 0 aliphatic carbocycles. The van der Waals surface area contributed by atoms with Crippen molar-refractivity contribution in [1.29, 1.82) is 0 Å². The molecule has 9 aromatic rings. The van der Waals surface area contributed by atoms with Gasteiger partial charge in [-0.2, -0.15) is 0 Å². The van der Waals surface area contributed by atoms with Gasteiger partial charge in [0.1, 0.15) is 0 Å². The highest BCUT2D eigenvalue weighted by atomic mass is 14.2. The van der Waals surface area contributed by atoms with Crippen LogP contribution in [0.15, 0.2) is 133 Å². The molecule has 9 rings (SSSR count). The van der Waals surface area contributed by atoms with Crippen LogP contribution in [0.3, 0.4) is 0 Å². The van der Waals surface area contributed by atoms with Gasteiger partial charge < -0.3 is 0 Å². The number of fused-ring (bicyclic) bond motifs is 6. The number of hydrogen-bond donors (Lipinski definition) is 0. The molecule has 0 nitrogen and oxygen atoms in total. The van der Waals surface area contributed by atoms with Crippen LogP contribution in [0.4, 0.5) is 0 Å². The van der Waals surface area contributed by atoms with Crippen LogP contribution in [0, 0.1) is 27.7 Å². The summed E-state index contributed by atoms with van der Waals surface area (Å²) in [7, 11) is 0. The van der Waals surface area contributed by atoms with E-state index in [2.05, 4.69) is 161 Å². The van der Waals surface area contributed by atoms with E-state index < -0.39 is 0 Å². The molecule has 0 bridgehead atoms. The topological polar surface area (TPSA) is 0 Å². The lowest BCUT2D eigenvalue weighted by Crippen LogP contribution is -1.93. The van der Waals surface area contributed by atoms with Gasteiger partial charge in [-0.1, -0.05) is 121 Å². The van der Waals surface area contributed by atoms with Crippen molar-refractivity contribution in [1.82, 2.24) is 0 Å². The average Bonchev–Trinajstić information content (AvgIpc) is 3.11. The van der Waals surface area contributed by atoms with Gasteiger partial charge >= 0.3 is 0 Å². The van der Waals surface area contributed by atoms with Crippen molar-refractivity contribution in [2.75, 3.05) is 0 Å². The predicted octanol–water partition coefficient (Wildman–Crippen LogP) is 13.2. The van der Waals surface area contributed by atoms with E-state index in [9.17, 15) is 0 Å². The monoisotopic (exact) mass is 586 g/mol. The SMILES string of the molecule is Cc1c2ccccc2c(C)c2cc(-c3c4ccccc4c(-c4ccc5c(C)c6ccccc6c(C)c5c4)c4ccccc34)ccc12. The lowest BCUT2D eigenvalue weighted by atomic mass is 9.84. The maximum Gasteiger partial charge on any atom is -0.00262 e. The summed E-state index contributed by atoms with van der Waals surface area (Å²) >= 11 is 0. The molecule has 0 radical (unpaired) electrons. The summed E-state index contributed by atoms with van der Waals surface area (Å²) in [5.41, 5.74) is 10.5. The summed E-state index contributed by atoms with van der Waals surface area (Å²) in [6.45, 7) is 9.08. The molecule has 218 valence electrons. The lowest BCUT2D eigenvalue weighted by Gasteiger charge is -2.20. The van der Waals surface area contributed by atoms with Gasteiger partial charge in [0.05, 0.1) is 0 Å². The Balaban J connectivity index is 1.36. The molecule has 0 spiro atoms. The maximum atomic E-state index is 2.44. The first-order valence-corrected chi connectivity index (χ1v) is 16.3. The number of rotatable bonds is 2. The third-order valence-electron chi connectivity index (χ3n) is 10.6.